The summed E-state index contributed by atoms with van der Waals surface area (Å²) in [6.45, 7) is 31.5. The number of ether oxygens (including phenoxy) is 1. The third kappa shape index (κ3) is 23.1. The summed E-state index contributed by atoms with van der Waals surface area (Å²) in [6, 6.07) is -8.61. The third-order valence-corrected chi connectivity index (χ3v) is 17.2. The number of nitrogens with one attached hydrogen (secondary N) is 4. The normalized spacial score (nSPS) is 18.0. The van der Waals surface area contributed by atoms with Gasteiger partial charge in [0.1, 0.15) is 30.8 Å². The molecule has 0 aromatic carbocycles. The van der Waals surface area contributed by atoms with Crippen LogP contribution in [0.2, 0.25) is 0 Å². The second kappa shape index (κ2) is 37.3. The molecule has 5 N–H and O–H groups in total. The second-order valence-electron chi connectivity index (χ2n) is 27.6. The van der Waals surface area contributed by atoms with Crippen LogP contribution in [0.15, 0.2) is 12.2 Å². The molecule has 514 valence electrons. The van der Waals surface area contributed by atoms with Gasteiger partial charge in [-0.3, -0.25) is 52.8 Å². The number of hydrogen-bond acceptors (Lipinski definition) is 15. The van der Waals surface area contributed by atoms with Gasteiger partial charge in [0.05, 0.1) is 24.2 Å². The Kier molecular flexibility index (Phi) is 33.8. The number of carbonyl (C=O) groups excluding carboxylic acids is 11. The molecule has 90 heavy (non-hydrogen) atoms. The average molecular weight is 1270 g/mol. The smallest absolute Gasteiger partial charge is 0.406 e. The fourth-order valence-electron chi connectivity index (χ4n) is 11.7. The van der Waals surface area contributed by atoms with Crippen LogP contribution in [0, 0.1) is 58.7 Å². The Morgan fingerprint density at radius 2 is 1.14 bits per heavy atom. The van der Waals surface area contributed by atoms with Gasteiger partial charge in [-0.15, -0.1) is 0 Å². The van der Waals surface area contributed by atoms with Crippen molar-refractivity contribution >= 4 is 70.8 Å². The molecule has 1 unspecified atom stereocenters. The quantitative estimate of drug-likeness (QED) is 0.0436. The second-order valence-corrected chi connectivity index (χ2v) is 27.6. The highest BCUT2D eigenvalue weighted by Gasteiger charge is 2.54. The van der Waals surface area contributed by atoms with Crippen molar-refractivity contribution in [2.75, 3.05) is 48.9 Å². The first kappa shape index (κ1) is 81.7. The number of hydroxylamine groups is 2. The van der Waals surface area contributed by atoms with Gasteiger partial charge < -0.3 is 50.7 Å². The number of carboxylic acid groups (broad SMARTS) is 1. The Labute approximate surface area is 537 Å². The van der Waals surface area contributed by atoms with E-state index in [0.717, 1.165) is 5.06 Å². The van der Waals surface area contributed by atoms with Crippen molar-refractivity contribution in [2.45, 2.75) is 230 Å². The van der Waals surface area contributed by atoms with Crippen LogP contribution in [0.1, 0.15) is 176 Å². The Morgan fingerprint density at radius 3 is 1.60 bits per heavy atom. The molecule has 1 aliphatic heterocycles. The lowest BCUT2D eigenvalue weighted by Crippen LogP contribution is -2.71. The van der Waals surface area contributed by atoms with Crippen LogP contribution in [0.3, 0.4) is 0 Å². The standard InChI is InChI=1S/C66H115N9O15/c1-25-27-28-41(13)55-54(58(80)70-47(26-2)64(86)87)75(90-55)63(85)53(40(11)12)73(23)61(83)45(29-36(3)4)33-51(77)49(31-38(7)8)71(21)60(82)44(16)69-57(79)42(14)32-50(76)48(30-37(5)6)72(22)62(84)46(39(9)10)34-52(78)56(74(24)59(81)43(15)67-19)66(17,18)35-89-65(88)68-20/h25,27,36-49,53-56,67H,26,28-35H2,1-24H3,(H,68,88)(H,69,79)(H,70,80)(H,86,87)/b27-25+/t41-,42-,43-,44-,45-,46+,47+,48+,49+,53+,54+,55?,56-/m1/s1. The summed E-state index contributed by atoms with van der Waals surface area (Å²) >= 11 is 0. The van der Waals surface area contributed by atoms with Crippen LogP contribution in [0.5, 0.6) is 0 Å². The van der Waals surface area contributed by atoms with Crippen molar-refractivity contribution in [3.63, 3.8) is 0 Å². The number of likely N-dealkylation sites (N-methyl/N-ethyl adjacent to an activating group) is 5. The van der Waals surface area contributed by atoms with Crippen molar-refractivity contribution in [2.24, 2.45) is 58.7 Å². The summed E-state index contributed by atoms with van der Waals surface area (Å²) in [5.74, 6) is -10.9. The lowest BCUT2D eigenvalue weighted by Gasteiger charge is -2.50. The van der Waals surface area contributed by atoms with Gasteiger partial charge in [0.2, 0.25) is 35.4 Å². The Hall–Kier alpha value is -6.30. The third-order valence-electron chi connectivity index (χ3n) is 17.2. The molecule has 0 bridgehead atoms. The van der Waals surface area contributed by atoms with Crippen molar-refractivity contribution in [3.8, 4) is 0 Å². The Bertz CT molecular complexity index is 2500. The van der Waals surface area contributed by atoms with E-state index in [4.69, 9.17) is 9.57 Å². The van der Waals surface area contributed by atoms with Crippen molar-refractivity contribution in [1.82, 2.24) is 45.9 Å². The fraction of sp³-hybridized carbons (Fsp3) is 0.788. The first-order valence-corrected chi connectivity index (χ1v) is 32.2. The maximum atomic E-state index is 14.8. The van der Waals surface area contributed by atoms with Crippen molar-refractivity contribution in [1.29, 1.82) is 0 Å². The molecule has 0 radical (unpaired) electrons. The monoisotopic (exact) mass is 1270 g/mol. The highest BCUT2D eigenvalue weighted by molar-refractivity contribution is 5.99. The molecule has 0 saturated carbocycles. The van der Waals surface area contributed by atoms with Gasteiger partial charge in [0.15, 0.2) is 23.4 Å². The van der Waals surface area contributed by atoms with E-state index >= 15 is 0 Å². The first-order valence-electron chi connectivity index (χ1n) is 32.2. The van der Waals surface area contributed by atoms with E-state index in [-0.39, 0.29) is 75.2 Å². The number of ketones is 3. The molecule has 1 fully saturated rings. The molecule has 13 atom stereocenters. The number of aliphatic carboxylic acids is 1. The van der Waals surface area contributed by atoms with E-state index in [2.05, 4.69) is 21.3 Å². The predicted octanol–water partition coefficient (Wildman–Crippen LogP) is 6.08. The fourth-order valence-corrected chi connectivity index (χ4v) is 11.7. The van der Waals surface area contributed by atoms with Gasteiger partial charge in [0.25, 0.3) is 5.91 Å². The lowest BCUT2D eigenvalue weighted by atomic mass is 9.77. The molecule has 0 aliphatic carbocycles. The van der Waals surface area contributed by atoms with Crippen LogP contribution < -0.4 is 21.3 Å². The summed E-state index contributed by atoms with van der Waals surface area (Å²) in [6.07, 6.45) is 2.59. The van der Waals surface area contributed by atoms with Crippen LogP contribution >= 0.6 is 0 Å². The lowest BCUT2D eigenvalue weighted by molar-refractivity contribution is -0.321. The molecule has 0 spiro atoms. The Balaban J connectivity index is 3.50. The van der Waals surface area contributed by atoms with E-state index in [1.54, 1.807) is 62.4 Å². The number of Topliss-reactive ketones (excluding diaryl/α,β-unsaturated/α-hetero) is 3. The largest absolute Gasteiger partial charge is 0.480 e. The first-order chi connectivity index (χ1) is 41.6. The zero-order valence-corrected chi connectivity index (χ0v) is 58.8. The van der Waals surface area contributed by atoms with Crippen molar-refractivity contribution in [3.05, 3.63) is 12.2 Å². The van der Waals surface area contributed by atoms with Crippen LogP contribution in [0.4, 0.5) is 4.79 Å². The maximum absolute atomic E-state index is 14.8. The molecule has 8 amide bonds. The number of rotatable bonds is 39. The van der Waals surface area contributed by atoms with E-state index < -0.39 is 160 Å². The molecular weight excluding hydrogens is 1160 g/mol. The molecule has 1 rings (SSSR count). The molecular formula is C66H115N9O15. The molecule has 1 saturated heterocycles. The molecule has 0 aromatic rings. The highest BCUT2D eigenvalue weighted by Crippen LogP contribution is 2.35. The topological polar surface area (TPSA) is 308 Å². The van der Waals surface area contributed by atoms with Gasteiger partial charge in [-0.2, -0.15) is 0 Å². The minimum absolute atomic E-state index is 0.0922. The Morgan fingerprint density at radius 1 is 0.633 bits per heavy atom. The van der Waals surface area contributed by atoms with Crippen LogP contribution in [-0.4, -0.2) is 204 Å². The molecule has 1 aliphatic rings. The van der Waals surface area contributed by atoms with Crippen LogP contribution in [-0.2, 0) is 62.3 Å². The summed E-state index contributed by atoms with van der Waals surface area (Å²) in [4.78, 5) is 179. The average Bonchev–Trinajstić information content (AvgIpc) is 0.765. The predicted molar refractivity (Wildman–Crippen MR) is 344 cm³/mol. The molecule has 24 nitrogen and oxygen atoms in total. The van der Waals surface area contributed by atoms with Gasteiger partial charge >= 0.3 is 12.1 Å². The number of alkyl carbamates (subject to hydrolysis) is 1. The van der Waals surface area contributed by atoms with E-state index in [0.29, 0.717) is 6.42 Å². The molecule has 1 heterocycles. The molecule has 0 aromatic heterocycles. The number of allylic oxidation sites excluding steroid dienone is 2. The van der Waals surface area contributed by atoms with Gasteiger partial charge in [-0.1, -0.05) is 116 Å². The van der Waals surface area contributed by atoms with Gasteiger partial charge in [-0.25, -0.2) is 14.7 Å². The minimum Gasteiger partial charge on any atom is -0.480 e. The summed E-state index contributed by atoms with van der Waals surface area (Å²) in [5.41, 5.74) is -1.11. The summed E-state index contributed by atoms with van der Waals surface area (Å²) in [5, 5.41) is 21.2. The van der Waals surface area contributed by atoms with E-state index in [1.165, 1.54) is 68.7 Å². The SMILES string of the molecule is C/C=C/C[C@@H](C)C1ON(C(=O)[C@H](C(C)C)N(C)C(=O)[C@@H](CC(=O)[C@H](CC(C)C)N(C)C(=O)[C@@H](C)NC(=O)[C@H](C)CC(=O)[C@H](CC(C)C)N(C)C(=O)[C@@H](CC(=O)[C@@H](N(C)C(=O)[C@@H](C)NC)C(C)(C)COC(=O)NC)C(C)C)CC(C)C)[C@@H]1C(=O)N[C@@H](CC)C(=O)O. The van der Waals surface area contributed by atoms with Crippen molar-refractivity contribution < 1.29 is 72.2 Å². The van der Waals surface area contributed by atoms with E-state index in [9.17, 15) is 62.6 Å². The zero-order valence-electron chi connectivity index (χ0n) is 58.8. The number of carboxylic acids is 1. The van der Waals surface area contributed by atoms with Gasteiger partial charge in [-0.05, 0) is 95.4 Å². The number of nitrogens with zero attached hydrogens (tertiary/aromatic N) is 5. The zero-order chi connectivity index (χ0) is 69.7. The number of amides is 8. The summed E-state index contributed by atoms with van der Waals surface area (Å²) in [7, 11) is 8.91. The summed E-state index contributed by atoms with van der Waals surface area (Å²) < 4.78 is 5.38. The highest BCUT2D eigenvalue weighted by atomic mass is 16.7. The molecule has 24 heteroatoms. The van der Waals surface area contributed by atoms with Crippen LogP contribution in [0.25, 0.3) is 0 Å². The van der Waals surface area contributed by atoms with E-state index in [1.807, 2.05) is 67.5 Å². The minimum atomic E-state index is -1.23. The number of carbonyl (C=O) groups is 12. The van der Waals surface area contributed by atoms with Gasteiger partial charge in [0, 0.05) is 77.7 Å². The maximum Gasteiger partial charge on any atom is 0.406 e. The number of hydrogen-bond donors (Lipinski definition) is 5.